The van der Waals surface area contributed by atoms with Gasteiger partial charge in [0, 0.05) is 50.4 Å². The molecule has 0 aromatic carbocycles. The van der Waals surface area contributed by atoms with Crippen LogP contribution in [0.15, 0.2) is 24.5 Å². The number of carbonyl (C=O) groups excluding carboxylic acids is 1. The van der Waals surface area contributed by atoms with E-state index in [1.54, 1.807) is 13.3 Å². The third-order valence-electron chi connectivity index (χ3n) is 4.36. The first-order valence-corrected chi connectivity index (χ1v) is 7.88. The predicted octanol–water partition coefficient (Wildman–Crippen LogP) is 1.99. The molecule has 0 saturated heterocycles. The van der Waals surface area contributed by atoms with Gasteiger partial charge < -0.3 is 14.2 Å². The monoisotopic (exact) mass is 314 g/mol. The topological polar surface area (TPSA) is 60.2 Å². The fourth-order valence-corrected chi connectivity index (χ4v) is 3.00. The molecule has 1 aliphatic rings. The molecule has 3 heterocycles. The van der Waals surface area contributed by atoms with Gasteiger partial charge >= 0.3 is 0 Å². The maximum Gasteiger partial charge on any atom is 0.256 e. The van der Waals surface area contributed by atoms with Crippen LogP contribution < -0.4 is 0 Å². The van der Waals surface area contributed by atoms with Crippen LogP contribution in [0.5, 0.6) is 0 Å². The van der Waals surface area contributed by atoms with Gasteiger partial charge in [0.15, 0.2) is 0 Å². The highest BCUT2D eigenvalue weighted by atomic mass is 16.5. The normalized spacial score (nSPS) is 17.2. The number of aromatic nitrogens is 3. The van der Waals surface area contributed by atoms with E-state index < -0.39 is 0 Å². The number of nitrogens with zero attached hydrogens (tertiary/aromatic N) is 4. The summed E-state index contributed by atoms with van der Waals surface area (Å²) in [6.07, 6.45) is 4.38. The molecule has 0 saturated carbocycles. The van der Waals surface area contributed by atoms with E-state index in [0.717, 1.165) is 30.2 Å². The minimum atomic E-state index is -0.0474. The molecule has 0 bridgehead atoms. The number of ether oxygens (including phenoxy) is 1. The first-order chi connectivity index (χ1) is 11.1. The molecule has 0 spiro atoms. The summed E-state index contributed by atoms with van der Waals surface area (Å²) in [7, 11) is 1.70. The highest BCUT2D eigenvalue weighted by molar-refractivity contribution is 5.94. The summed E-state index contributed by atoms with van der Waals surface area (Å²) in [4.78, 5) is 23.4. The Hall–Kier alpha value is -2.21. The molecule has 3 rings (SSSR count). The number of hydrogen-bond donors (Lipinski definition) is 0. The van der Waals surface area contributed by atoms with Crippen molar-refractivity contribution in [1.82, 2.24) is 19.4 Å². The molecule has 122 valence electrons. The van der Waals surface area contributed by atoms with E-state index in [-0.39, 0.29) is 11.9 Å². The van der Waals surface area contributed by atoms with E-state index in [4.69, 9.17) is 4.74 Å². The Labute approximate surface area is 136 Å². The number of methoxy groups -OCH3 is 1. The minimum absolute atomic E-state index is 0.0118. The number of fused-ring (bicyclic) bond motifs is 1. The molecular formula is C17H22N4O2. The van der Waals surface area contributed by atoms with E-state index >= 15 is 0 Å². The zero-order valence-electron chi connectivity index (χ0n) is 13.8. The van der Waals surface area contributed by atoms with Crippen molar-refractivity contribution in [2.45, 2.75) is 32.9 Å². The molecule has 2 aromatic rings. The molecule has 1 amide bonds. The molecule has 0 fully saturated rings. The maximum absolute atomic E-state index is 12.7. The van der Waals surface area contributed by atoms with Crippen LogP contribution in [0.4, 0.5) is 0 Å². The minimum Gasteiger partial charge on any atom is -0.384 e. The molecule has 6 heteroatoms. The van der Waals surface area contributed by atoms with Gasteiger partial charge in [0.1, 0.15) is 5.82 Å². The standard InChI is InChI=1S/C17H22N4O2/c1-12-4-5-14(10-18-12)17(22)20-7-8-21-15(6-9-23-3)11-19-16(21)13(20)2/h4-5,10-11,13H,6-9H2,1-3H3/t13-/m1/s1. The van der Waals surface area contributed by atoms with Gasteiger partial charge in [-0.1, -0.05) is 0 Å². The van der Waals surface area contributed by atoms with Gasteiger partial charge in [0.25, 0.3) is 5.91 Å². The van der Waals surface area contributed by atoms with E-state index in [1.807, 2.05) is 37.1 Å². The van der Waals surface area contributed by atoms with Crippen LogP contribution in [0, 0.1) is 6.92 Å². The van der Waals surface area contributed by atoms with Crippen molar-refractivity contribution in [2.75, 3.05) is 20.3 Å². The van der Waals surface area contributed by atoms with Crippen LogP contribution in [-0.4, -0.2) is 45.6 Å². The lowest BCUT2D eigenvalue weighted by atomic mass is 10.1. The number of rotatable bonds is 4. The van der Waals surface area contributed by atoms with Crippen molar-refractivity contribution < 1.29 is 9.53 Å². The summed E-state index contributed by atoms with van der Waals surface area (Å²) in [6, 6.07) is 3.66. The third kappa shape index (κ3) is 2.99. The van der Waals surface area contributed by atoms with Gasteiger partial charge in [-0.25, -0.2) is 4.98 Å². The average Bonchev–Trinajstić information content (AvgIpc) is 2.97. The summed E-state index contributed by atoms with van der Waals surface area (Å²) in [5.74, 6) is 0.952. The fraction of sp³-hybridized carbons (Fsp3) is 0.471. The Kier molecular flexibility index (Phi) is 4.43. The van der Waals surface area contributed by atoms with E-state index in [9.17, 15) is 4.79 Å². The molecule has 0 radical (unpaired) electrons. The number of imidazole rings is 1. The lowest BCUT2D eigenvalue weighted by Gasteiger charge is -2.34. The van der Waals surface area contributed by atoms with Crippen molar-refractivity contribution in [3.05, 3.63) is 47.3 Å². The number of carbonyl (C=O) groups is 1. The average molecular weight is 314 g/mol. The molecule has 1 atom stereocenters. The Morgan fingerprint density at radius 1 is 1.30 bits per heavy atom. The number of pyridine rings is 1. The predicted molar refractivity (Wildman–Crippen MR) is 86.2 cm³/mol. The number of hydrogen-bond acceptors (Lipinski definition) is 4. The van der Waals surface area contributed by atoms with E-state index in [0.29, 0.717) is 18.7 Å². The Bertz CT molecular complexity index is 693. The fourth-order valence-electron chi connectivity index (χ4n) is 3.00. The van der Waals surface area contributed by atoms with Crippen LogP contribution >= 0.6 is 0 Å². The van der Waals surface area contributed by atoms with Crippen molar-refractivity contribution in [1.29, 1.82) is 0 Å². The van der Waals surface area contributed by atoms with Gasteiger partial charge in [0.05, 0.1) is 18.2 Å². The quantitative estimate of drug-likeness (QED) is 0.866. The molecule has 0 N–H and O–H groups in total. The SMILES string of the molecule is COCCc1cnc2n1CCN(C(=O)c1ccc(C)nc1)[C@@H]2C. The molecule has 6 nitrogen and oxygen atoms in total. The van der Waals surface area contributed by atoms with Crippen LogP contribution in [0.25, 0.3) is 0 Å². The summed E-state index contributed by atoms with van der Waals surface area (Å²) in [5.41, 5.74) is 2.70. The summed E-state index contributed by atoms with van der Waals surface area (Å²) in [6.45, 7) is 6.06. The van der Waals surface area contributed by atoms with E-state index in [2.05, 4.69) is 14.5 Å². The van der Waals surface area contributed by atoms with Gasteiger partial charge in [0.2, 0.25) is 0 Å². The molecule has 23 heavy (non-hydrogen) atoms. The van der Waals surface area contributed by atoms with Crippen LogP contribution in [0.3, 0.4) is 0 Å². The van der Waals surface area contributed by atoms with Crippen molar-refractivity contribution in [3.8, 4) is 0 Å². The van der Waals surface area contributed by atoms with Gasteiger partial charge in [-0.15, -0.1) is 0 Å². The molecule has 2 aromatic heterocycles. The first kappa shape index (κ1) is 15.7. The van der Waals surface area contributed by atoms with Gasteiger partial charge in [-0.2, -0.15) is 0 Å². The van der Waals surface area contributed by atoms with E-state index in [1.165, 1.54) is 0 Å². The second-order valence-corrected chi connectivity index (χ2v) is 5.86. The van der Waals surface area contributed by atoms with Gasteiger partial charge in [-0.3, -0.25) is 9.78 Å². The lowest BCUT2D eigenvalue weighted by molar-refractivity contribution is 0.0635. The maximum atomic E-state index is 12.7. The smallest absolute Gasteiger partial charge is 0.256 e. The molecule has 0 aliphatic carbocycles. The molecule has 0 unspecified atom stereocenters. The zero-order chi connectivity index (χ0) is 16.4. The largest absolute Gasteiger partial charge is 0.384 e. The Morgan fingerprint density at radius 2 is 2.13 bits per heavy atom. The highest BCUT2D eigenvalue weighted by Gasteiger charge is 2.30. The van der Waals surface area contributed by atoms with Crippen LogP contribution in [0.1, 0.15) is 40.5 Å². The highest BCUT2D eigenvalue weighted by Crippen LogP contribution is 2.27. The first-order valence-electron chi connectivity index (χ1n) is 7.88. The molecule has 1 aliphatic heterocycles. The third-order valence-corrected chi connectivity index (χ3v) is 4.36. The summed E-state index contributed by atoms with van der Waals surface area (Å²) in [5, 5.41) is 0. The van der Waals surface area contributed by atoms with Crippen molar-refractivity contribution in [2.24, 2.45) is 0 Å². The van der Waals surface area contributed by atoms with Crippen LogP contribution in [0.2, 0.25) is 0 Å². The second-order valence-electron chi connectivity index (χ2n) is 5.86. The summed E-state index contributed by atoms with van der Waals surface area (Å²) < 4.78 is 7.36. The number of amides is 1. The van der Waals surface area contributed by atoms with Crippen molar-refractivity contribution in [3.63, 3.8) is 0 Å². The molecular weight excluding hydrogens is 292 g/mol. The number of aryl methyl sites for hydroxylation is 1. The van der Waals surface area contributed by atoms with Crippen LogP contribution in [-0.2, 0) is 17.7 Å². The Balaban J connectivity index is 1.80. The summed E-state index contributed by atoms with van der Waals surface area (Å²) >= 11 is 0. The Morgan fingerprint density at radius 3 is 2.83 bits per heavy atom. The zero-order valence-corrected chi connectivity index (χ0v) is 13.8. The van der Waals surface area contributed by atoms with Crippen molar-refractivity contribution >= 4 is 5.91 Å². The van der Waals surface area contributed by atoms with Gasteiger partial charge in [-0.05, 0) is 26.0 Å². The lowest BCUT2D eigenvalue weighted by Crippen LogP contribution is -2.41. The second kappa shape index (κ2) is 6.50.